The number of nitrogens with one attached hydrogen (secondary N) is 1. The van der Waals surface area contributed by atoms with Gasteiger partial charge in [0, 0.05) is 57.5 Å². The molecular formula is C25H31N5O3. The number of nitrogens with zero attached hydrogens (tertiary/aromatic N) is 4. The average Bonchev–Trinajstić information content (AvgIpc) is 2.84. The van der Waals surface area contributed by atoms with E-state index in [1.165, 1.54) is 5.56 Å². The van der Waals surface area contributed by atoms with Crippen molar-refractivity contribution < 1.29 is 14.3 Å². The van der Waals surface area contributed by atoms with Crippen LogP contribution in [0, 0.1) is 0 Å². The van der Waals surface area contributed by atoms with E-state index >= 15 is 0 Å². The van der Waals surface area contributed by atoms with Gasteiger partial charge in [-0.3, -0.25) is 0 Å². The summed E-state index contributed by atoms with van der Waals surface area (Å²) in [7, 11) is 5.18. The van der Waals surface area contributed by atoms with Gasteiger partial charge in [-0.1, -0.05) is 30.3 Å². The lowest BCUT2D eigenvalue weighted by Crippen LogP contribution is -2.46. The fourth-order valence-electron chi connectivity index (χ4n) is 4.09. The molecule has 1 N–H and O–H groups in total. The van der Waals surface area contributed by atoms with Crippen molar-refractivity contribution >= 4 is 22.8 Å². The molecule has 8 heteroatoms. The van der Waals surface area contributed by atoms with Crippen molar-refractivity contribution in [2.75, 3.05) is 39.6 Å². The highest BCUT2D eigenvalue weighted by Crippen LogP contribution is 2.36. The van der Waals surface area contributed by atoms with Gasteiger partial charge in [-0.2, -0.15) is 0 Å². The van der Waals surface area contributed by atoms with Crippen LogP contribution in [-0.2, 0) is 0 Å². The Morgan fingerprint density at radius 2 is 1.85 bits per heavy atom. The number of hydrogen-bond acceptors (Lipinski definition) is 6. The van der Waals surface area contributed by atoms with Gasteiger partial charge in [0.15, 0.2) is 11.5 Å². The third-order valence-corrected chi connectivity index (χ3v) is 5.96. The fourth-order valence-corrected chi connectivity index (χ4v) is 4.09. The van der Waals surface area contributed by atoms with E-state index in [-0.39, 0.29) is 18.2 Å². The molecule has 0 unspecified atom stereocenters. The summed E-state index contributed by atoms with van der Waals surface area (Å²) < 4.78 is 12.0. The molecule has 0 spiro atoms. The molecule has 0 bridgehead atoms. The van der Waals surface area contributed by atoms with E-state index in [0.717, 1.165) is 29.6 Å². The van der Waals surface area contributed by atoms with Gasteiger partial charge < -0.3 is 24.6 Å². The van der Waals surface area contributed by atoms with Crippen LogP contribution in [0.3, 0.4) is 0 Å². The molecule has 0 radical (unpaired) electrons. The normalized spacial score (nSPS) is 15.2. The quantitative estimate of drug-likeness (QED) is 0.603. The molecule has 33 heavy (non-hydrogen) atoms. The van der Waals surface area contributed by atoms with Crippen LogP contribution >= 0.6 is 0 Å². The number of fused-ring (bicyclic) bond motifs is 1. The highest BCUT2D eigenvalue weighted by molar-refractivity contribution is 5.91. The monoisotopic (exact) mass is 449 g/mol. The number of carbonyl (C=O) groups is 1. The zero-order chi connectivity index (χ0) is 23.4. The number of hydrogen-bond donors (Lipinski definition) is 1. The maximum absolute atomic E-state index is 12.2. The summed E-state index contributed by atoms with van der Waals surface area (Å²) in [5.74, 6) is 2.04. The van der Waals surface area contributed by atoms with E-state index in [0.29, 0.717) is 24.6 Å². The van der Waals surface area contributed by atoms with Crippen LogP contribution < -0.4 is 14.8 Å². The van der Waals surface area contributed by atoms with Gasteiger partial charge >= 0.3 is 6.03 Å². The molecule has 1 atom stereocenters. The molecule has 2 heterocycles. The molecule has 4 rings (SSSR count). The summed E-state index contributed by atoms with van der Waals surface area (Å²) in [6.45, 7) is 3.44. The van der Waals surface area contributed by atoms with Gasteiger partial charge in [0.05, 0.1) is 12.6 Å². The van der Waals surface area contributed by atoms with E-state index in [1.807, 2.05) is 35.2 Å². The van der Waals surface area contributed by atoms with Gasteiger partial charge in [-0.25, -0.2) is 14.8 Å². The summed E-state index contributed by atoms with van der Waals surface area (Å²) in [6.07, 6.45) is 3.09. The minimum atomic E-state index is 0.00634. The number of urea groups is 1. The van der Waals surface area contributed by atoms with E-state index in [1.54, 1.807) is 32.4 Å². The highest BCUT2D eigenvalue weighted by Gasteiger charge is 2.26. The number of aromatic nitrogens is 2. The molecule has 8 nitrogen and oxygen atoms in total. The minimum Gasteiger partial charge on any atom is -0.493 e. The smallest absolute Gasteiger partial charge is 0.319 e. The zero-order valence-corrected chi connectivity index (χ0v) is 19.6. The number of ether oxygens (including phenoxy) is 2. The minimum absolute atomic E-state index is 0.00634. The summed E-state index contributed by atoms with van der Waals surface area (Å²) in [5, 5.41) is 4.37. The third-order valence-electron chi connectivity index (χ3n) is 5.96. The second-order valence-electron chi connectivity index (χ2n) is 8.50. The second-order valence-corrected chi connectivity index (χ2v) is 8.50. The van der Waals surface area contributed by atoms with Crippen molar-refractivity contribution in [3.8, 4) is 11.5 Å². The zero-order valence-electron chi connectivity index (χ0n) is 19.6. The first-order valence-electron chi connectivity index (χ1n) is 11.2. The van der Waals surface area contributed by atoms with E-state index in [4.69, 9.17) is 9.47 Å². The molecule has 1 aromatic heterocycles. The van der Waals surface area contributed by atoms with Crippen molar-refractivity contribution in [1.82, 2.24) is 19.8 Å². The SMILES string of the molecule is COc1cc2ncnc(N[C@H](C)c3ccccc3)c2cc1OC1CCN(C(=O)N(C)C)CC1. The van der Waals surface area contributed by atoms with Crippen molar-refractivity contribution in [3.05, 3.63) is 54.4 Å². The Labute approximate surface area is 194 Å². The van der Waals surface area contributed by atoms with E-state index in [9.17, 15) is 4.79 Å². The van der Waals surface area contributed by atoms with Crippen LogP contribution in [0.15, 0.2) is 48.8 Å². The first-order chi connectivity index (χ1) is 16.0. The predicted molar refractivity (Wildman–Crippen MR) is 129 cm³/mol. The maximum Gasteiger partial charge on any atom is 0.319 e. The second kappa shape index (κ2) is 9.94. The van der Waals surface area contributed by atoms with Crippen LogP contribution in [0.4, 0.5) is 10.6 Å². The number of likely N-dealkylation sites (tertiary alicyclic amines) is 1. The summed E-state index contributed by atoms with van der Waals surface area (Å²) in [6, 6.07) is 14.2. The molecule has 1 aliphatic heterocycles. The Morgan fingerprint density at radius 1 is 1.12 bits per heavy atom. The molecule has 2 aromatic carbocycles. The Balaban J connectivity index is 1.55. The van der Waals surface area contributed by atoms with Crippen LogP contribution in [0.2, 0.25) is 0 Å². The highest BCUT2D eigenvalue weighted by atomic mass is 16.5. The van der Waals surface area contributed by atoms with Gasteiger partial charge in [0.1, 0.15) is 18.2 Å². The summed E-state index contributed by atoms with van der Waals surface area (Å²) >= 11 is 0. The van der Waals surface area contributed by atoms with Crippen molar-refractivity contribution in [1.29, 1.82) is 0 Å². The lowest BCUT2D eigenvalue weighted by atomic mass is 10.1. The number of piperidine rings is 1. The number of amides is 2. The molecule has 1 aliphatic rings. The topological polar surface area (TPSA) is 79.8 Å². The first-order valence-corrected chi connectivity index (χ1v) is 11.2. The Morgan fingerprint density at radius 3 is 2.52 bits per heavy atom. The predicted octanol–water partition coefficient (Wildman–Crippen LogP) is 4.34. The average molecular weight is 450 g/mol. The molecule has 1 saturated heterocycles. The van der Waals surface area contributed by atoms with Crippen LogP contribution in [0.1, 0.15) is 31.4 Å². The lowest BCUT2D eigenvalue weighted by Gasteiger charge is -2.33. The van der Waals surface area contributed by atoms with E-state index < -0.39 is 0 Å². The Kier molecular flexibility index (Phi) is 6.82. The number of methoxy groups -OCH3 is 1. The van der Waals surface area contributed by atoms with Crippen molar-refractivity contribution in [3.63, 3.8) is 0 Å². The molecule has 3 aromatic rings. The Bertz CT molecular complexity index is 1100. The molecule has 0 aliphatic carbocycles. The molecule has 2 amide bonds. The standard InChI is InChI=1S/C25H31N5O3/c1-17(18-8-6-5-7-9-18)28-24-20-14-23(22(32-4)15-21(20)26-16-27-24)33-19-10-12-30(13-11-19)25(31)29(2)3/h5-9,14-17,19H,10-13H2,1-4H3,(H,26,27,28)/t17-/m1/s1. The number of carbonyl (C=O) groups excluding carboxylic acids is 1. The molecular weight excluding hydrogens is 418 g/mol. The molecule has 174 valence electrons. The summed E-state index contributed by atoms with van der Waals surface area (Å²) in [5.41, 5.74) is 1.96. The van der Waals surface area contributed by atoms with E-state index in [2.05, 4.69) is 34.3 Å². The first kappa shape index (κ1) is 22.6. The van der Waals surface area contributed by atoms with Gasteiger partial charge in [-0.05, 0) is 18.6 Å². The van der Waals surface area contributed by atoms with Gasteiger partial charge in [0.25, 0.3) is 0 Å². The fraction of sp³-hybridized carbons (Fsp3) is 0.400. The van der Waals surface area contributed by atoms with Crippen molar-refractivity contribution in [2.45, 2.75) is 31.9 Å². The van der Waals surface area contributed by atoms with Crippen LogP contribution in [-0.4, -0.2) is 66.2 Å². The lowest BCUT2D eigenvalue weighted by molar-refractivity contribution is 0.0992. The third kappa shape index (κ3) is 5.10. The molecule has 1 fully saturated rings. The van der Waals surface area contributed by atoms with Gasteiger partial charge in [0.2, 0.25) is 0 Å². The van der Waals surface area contributed by atoms with Crippen LogP contribution in [0.25, 0.3) is 10.9 Å². The largest absolute Gasteiger partial charge is 0.493 e. The summed E-state index contributed by atoms with van der Waals surface area (Å²) in [4.78, 5) is 24.6. The van der Waals surface area contributed by atoms with Gasteiger partial charge in [-0.15, -0.1) is 0 Å². The number of rotatable bonds is 6. The maximum atomic E-state index is 12.2. The Hall–Kier alpha value is -3.55. The van der Waals surface area contributed by atoms with Crippen molar-refractivity contribution in [2.24, 2.45) is 0 Å². The number of anilines is 1. The number of benzene rings is 2. The molecule has 0 saturated carbocycles. The van der Waals surface area contributed by atoms with Crippen LogP contribution in [0.5, 0.6) is 11.5 Å².